The van der Waals surface area contributed by atoms with Crippen molar-refractivity contribution in [2.45, 2.75) is 26.2 Å². The van der Waals surface area contributed by atoms with Crippen LogP contribution in [0.5, 0.6) is 0 Å². The fourth-order valence-electron chi connectivity index (χ4n) is 2.87. The Balaban J connectivity index is 1.90. The van der Waals surface area contributed by atoms with Crippen LogP contribution in [0.3, 0.4) is 0 Å². The summed E-state index contributed by atoms with van der Waals surface area (Å²) in [6.45, 7) is 12.8. The van der Waals surface area contributed by atoms with Gasteiger partial charge in [-0.15, -0.1) is 0 Å². The molecule has 0 aliphatic carbocycles. The van der Waals surface area contributed by atoms with Gasteiger partial charge >= 0.3 is 0 Å². The largest absolute Gasteiger partial charge is 0.379 e. The molecular weight excluding hydrogens is 319 g/mol. The number of ether oxygens (including phenoxy) is 1. The second kappa shape index (κ2) is 9.73. The zero-order valence-corrected chi connectivity index (χ0v) is 15.6. The topological polar surface area (TPSA) is 48.9 Å². The lowest BCUT2D eigenvalue weighted by Gasteiger charge is -2.27. The Kier molecular flexibility index (Phi) is 7.65. The Morgan fingerprint density at radius 1 is 1.24 bits per heavy atom. The van der Waals surface area contributed by atoms with Gasteiger partial charge in [0.15, 0.2) is 5.96 Å². The second-order valence-corrected chi connectivity index (χ2v) is 6.94. The molecule has 0 amide bonds. The van der Waals surface area contributed by atoms with Gasteiger partial charge in [0.1, 0.15) is 5.82 Å². The van der Waals surface area contributed by atoms with Crippen molar-refractivity contribution in [3.8, 4) is 0 Å². The van der Waals surface area contributed by atoms with Crippen molar-refractivity contribution in [2.75, 3.05) is 52.5 Å². The second-order valence-electron chi connectivity index (χ2n) is 6.94. The summed E-state index contributed by atoms with van der Waals surface area (Å²) in [7, 11) is 0. The van der Waals surface area contributed by atoms with E-state index in [1.54, 1.807) is 6.07 Å². The van der Waals surface area contributed by atoms with Crippen LogP contribution in [0.2, 0.25) is 0 Å². The first-order chi connectivity index (χ1) is 12.0. The van der Waals surface area contributed by atoms with Gasteiger partial charge in [0.25, 0.3) is 0 Å². The average molecular weight is 350 g/mol. The normalized spacial score (nSPS) is 16.7. The molecule has 0 radical (unpaired) electrons. The molecule has 1 aromatic carbocycles. The van der Waals surface area contributed by atoms with E-state index in [0.717, 1.165) is 51.9 Å². The first-order valence-electron chi connectivity index (χ1n) is 9.10. The van der Waals surface area contributed by atoms with Gasteiger partial charge in [0.05, 0.1) is 19.8 Å². The summed E-state index contributed by atoms with van der Waals surface area (Å²) in [6, 6.07) is 6.93. The van der Waals surface area contributed by atoms with E-state index in [4.69, 9.17) is 4.74 Å². The molecule has 0 atom stereocenters. The highest BCUT2D eigenvalue weighted by Gasteiger charge is 2.23. The standard InChI is InChI=1S/C19H31FN4O/c1-4-21-18(22-9-10-24-11-13-25-14-12-24)23-15-19(2,3)16-7-5-6-8-17(16)20/h5-8H,4,9-15H2,1-3H3,(H2,21,22,23). The van der Waals surface area contributed by atoms with Crippen molar-refractivity contribution in [1.82, 2.24) is 15.5 Å². The molecule has 1 saturated heterocycles. The average Bonchev–Trinajstić information content (AvgIpc) is 2.61. The predicted octanol–water partition coefficient (Wildman–Crippen LogP) is 1.99. The van der Waals surface area contributed by atoms with Gasteiger partial charge in [-0.1, -0.05) is 32.0 Å². The van der Waals surface area contributed by atoms with Gasteiger partial charge in [0, 0.05) is 38.1 Å². The first kappa shape index (κ1) is 19.7. The lowest BCUT2D eigenvalue weighted by atomic mass is 9.84. The quantitative estimate of drug-likeness (QED) is 0.583. The van der Waals surface area contributed by atoms with E-state index in [2.05, 4.69) is 20.5 Å². The maximum atomic E-state index is 14.1. The highest BCUT2D eigenvalue weighted by molar-refractivity contribution is 5.79. The number of nitrogens with one attached hydrogen (secondary N) is 2. The maximum absolute atomic E-state index is 14.1. The number of halogens is 1. The molecule has 0 saturated carbocycles. The Morgan fingerprint density at radius 2 is 1.96 bits per heavy atom. The van der Waals surface area contributed by atoms with Crippen molar-refractivity contribution in [3.63, 3.8) is 0 Å². The van der Waals surface area contributed by atoms with E-state index >= 15 is 0 Å². The Bertz CT molecular complexity index is 556. The number of hydrogen-bond acceptors (Lipinski definition) is 3. The van der Waals surface area contributed by atoms with Gasteiger partial charge in [-0.25, -0.2) is 4.39 Å². The Morgan fingerprint density at radius 3 is 2.64 bits per heavy atom. The Labute approximate surface area is 150 Å². The first-order valence-corrected chi connectivity index (χ1v) is 9.10. The van der Waals surface area contributed by atoms with E-state index in [-0.39, 0.29) is 11.2 Å². The zero-order valence-electron chi connectivity index (χ0n) is 15.6. The zero-order chi connectivity index (χ0) is 18.1. The van der Waals surface area contributed by atoms with Crippen molar-refractivity contribution < 1.29 is 9.13 Å². The van der Waals surface area contributed by atoms with Crippen molar-refractivity contribution in [1.29, 1.82) is 0 Å². The van der Waals surface area contributed by atoms with Crippen LogP contribution in [0.1, 0.15) is 26.3 Å². The molecule has 1 heterocycles. The van der Waals surface area contributed by atoms with Crippen LogP contribution in [0, 0.1) is 5.82 Å². The molecule has 0 aromatic heterocycles. The minimum Gasteiger partial charge on any atom is -0.379 e. The number of benzene rings is 1. The summed E-state index contributed by atoms with van der Waals surface area (Å²) in [4.78, 5) is 7.05. The third-order valence-electron chi connectivity index (χ3n) is 4.40. The molecule has 140 valence electrons. The number of hydrogen-bond donors (Lipinski definition) is 2. The molecule has 1 aliphatic heterocycles. The third-order valence-corrected chi connectivity index (χ3v) is 4.40. The maximum Gasteiger partial charge on any atom is 0.191 e. The summed E-state index contributed by atoms with van der Waals surface area (Å²) < 4.78 is 19.4. The third kappa shape index (κ3) is 6.29. The fraction of sp³-hybridized carbons (Fsp3) is 0.632. The van der Waals surface area contributed by atoms with E-state index in [1.165, 1.54) is 6.07 Å². The summed E-state index contributed by atoms with van der Waals surface area (Å²) in [5, 5.41) is 6.63. The minimum absolute atomic E-state index is 0.173. The van der Waals surface area contributed by atoms with E-state index in [9.17, 15) is 4.39 Å². The molecule has 5 nitrogen and oxygen atoms in total. The van der Waals surface area contributed by atoms with Crippen LogP contribution in [-0.4, -0.2) is 63.3 Å². The number of rotatable bonds is 7. The molecule has 0 spiro atoms. The van der Waals surface area contributed by atoms with Gasteiger partial charge in [-0.05, 0) is 18.6 Å². The summed E-state index contributed by atoms with van der Waals surface area (Å²) in [5.74, 6) is 0.605. The summed E-state index contributed by atoms with van der Waals surface area (Å²) in [5.41, 5.74) is 0.334. The molecule has 25 heavy (non-hydrogen) atoms. The van der Waals surface area contributed by atoms with Gasteiger partial charge < -0.3 is 15.4 Å². The number of nitrogens with zero attached hydrogens (tertiary/aromatic N) is 2. The molecule has 1 fully saturated rings. The molecule has 1 aliphatic rings. The lowest BCUT2D eigenvalue weighted by molar-refractivity contribution is 0.0389. The number of guanidine groups is 1. The van der Waals surface area contributed by atoms with Crippen molar-refractivity contribution >= 4 is 5.96 Å². The van der Waals surface area contributed by atoms with Crippen LogP contribution in [-0.2, 0) is 10.2 Å². The van der Waals surface area contributed by atoms with Crippen LogP contribution < -0.4 is 10.6 Å². The monoisotopic (exact) mass is 350 g/mol. The smallest absolute Gasteiger partial charge is 0.191 e. The molecule has 1 aromatic rings. The van der Waals surface area contributed by atoms with E-state index < -0.39 is 0 Å². The van der Waals surface area contributed by atoms with Crippen LogP contribution in [0.15, 0.2) is 29.3 Å². The summed E-state index contributed by atoms with van der Waals surface area (Å²) in [6.07, 6.45) is 0. The van der Waals surface area contributed by atoms with E-state index in [1.807, 2.05) is 32.9 Å². The molecule has 0 unspecified atom stereocenters. The summed E-state index contributed by atoms with van der Waals surface area (Å²) >= 11 is 0. The molecule has 2 N–H and O–H groups in total. The molecule has 2 rings (SSSR count). The number of aliphatic imine (C=N–C) groups is 1. The van der Waals surface area contributed by atoms with Gasteiger partial charge in [-0.3, -0.25) is 9.89 Å². The van der Waals surface area contributed by atoms with E-state index in [0.29, 0.717) is 12.1 Å². The lowest BCUT2D eigenvalue weighted by Crippen LogP contribution is -2.44. The van der Waals surface area contributed by atoms with Crippen molar-refractivity contribution in [2.24, 2.45) is 4.99 Å². The molecular formula is C19H31FN4O. The number of morpholine rings is 1. The SMILES string of the molecule is CCNC(=NCC(C)(C)c1ccccc1F)NCCN1CCOCC1. The molecule has 6 heteroatoms. The Hall–Kier alpha value is -1.66. The van der Waals surface area contributed by atoms with Crippen LogP contribution in [0.25, 0.3) is 0 Å². The van der Waals surface area contributed by atoms with Crippen molar-refractivity contribution in [3.05, 3.63) is 35.6 Å². The molecule has 0 bridgehead atoms. The van der Waals surface area contributed by atoms with Gasteiger partial charge in [0.2, 0.25) is 0 Å². The van der Waals surface area contributed by atoms with Crippen LogP contribution in [0.4, 0.5) is 4.39 Å². The van der Waals surface area contributed by atoms with Gasteiger partial charge in [-0.2, -0.15) is 0 Å². The highest BCUT2D eigenvalue weighted by atomic mass is 19.1. The predicted molar refractivity (Wildman–Crippen MR) is 101 cm³/mol. The minimum atomic E-state index is -0.363. The fourth-order valence-corrected chi connectivity index (χ4v) is 2.87. The van der Waals surface area contributed by atoms with Crippen LogP contribution >= 0.6 is 0 Å². The highest BCUT2D eigenvalue weighted by Crippen LogP contribution is 2.25.